The van der Waals surface area contributed by atoms with E-state index in [0.29, 0.717) is 5.75 Å². The van der Waals surface area contributed by atoms with Gasteiger partial charge >= 0.3 is 0 Å². The lowest BCUT2D eigenvalue weighted by Gasteiger charge is -2.02. The van der Waals surface area contributed by atoms with Gasteiger partial charge in [-0.1, -0.05) is 6.07 Å². The van der Waals surface area contributed by atoms with Gasteiger partial charge in [0.1, 0.15) is 5.69 Å². The number of benzene rings is 1. The molecule has 2 aromatic rings. The molecule has 94 valence electrons. The molecule has 0 bridgehead atoms. The van der Waals surface area contributed by atoms with Crippen molar-refractivity contribution in [2.45, 2.75) is 10.6 Å². The molecule has 0 spiro atoms. The van der Waals surface area contributed by atoms with Crippen LogP contribution in [0.4, 0.5) is 11.4 Å². The fourth-order valence-corrected chi connectivity index (χ4v) is 2.34. The zero-order valence-electron chi connectivity index (χ0n) is 9.74. The second-order valence-electron chi connectivity index (χ2n) is 3.79. The van der Waals surface area contributed by atoms with E-state index in [9.17, 15) is 10.1 Å². The molecule has 0 saturated carbocycles. The Morgan fingerprint density at radius 3 is 2.94 bits per heavy atom. The Bertz CT molecular complexity index is 582. The fraction of sp³-hybridized carbons (Fsp3) is 0.182. The van der Waals surface area contributed by atoms with Gasteiger partial charge in [0.2, 0.25) is 0 Å². The Balaban J connectivity index is 2.10. The van der Waals surface area contributed by atoms with Gasteiger partial charge in [-0.25, -0.2) is 0 Å². The van der Waals surface area contributed by atoms with Gasteiger partial charge in [-0.15, -0.1) is 11.8 Å². The first kappa shape index (κ1) is 12.4. The summed E-state index contributed by atoms with van der Waals surface area (Å²) >= 11 is 1.57. The van der Waals surface area contributed by atoms with Gasteiger partial charge in [-0.05, 0) is 11.6 Å². The highest BCUT2D eigenvalue weighted by molar-refractivity contribution is 7.98. The lowest BCUT2D eigenvalue weighted by molar-refractivity contribution is -0.383. The summed E-state index contributed by atoms with van der Waals surface area (Å²) in [6.07, 6.45) is 3.66. The minimum Gasteiger partial charge on any atom is -0.393 e. The van der Waals surface area contributed by atoms with Crippen LogP contribution >= 0.6 is 11.8 Å². The predicted octanol–water partition coefficient (Wildman–Crippen LogP) is 2.20. The molecule has 0 aliphatic heterocycles. The van der Waals surface area contributed by atoms with Crippen molar-refractivity contribution in [3.05, 3.63) is 46.3 Å². The number of nitrogen functional groups attached to an aromatic ring is 1. The van der Waals surface area contributed by atoms with Gasteiger partial charge in [-0.3, -0.25) is 14.8 Å². The summed E-state index contributed by atoms with van der Waals surface area (Å²) in [7, 11) is 1.85. The summed E-state index contributed by atoms with van der Waals surface area (Å²) in [6, 6.07) is 4.88. The zero-order chi connectivity index (χ0) is 13.1. The third-order valence-corrected chi connectivity index (χ3v) is 3.40. The van der Waals surface area contributed by atoms with Crippen molar-refractivity contribution in [1.82, 2.24) is 9.78 Å². The smallest absolute Gasteiger partial charge is 0.292 e. The SMILES string of the molecule is Cn1cc(SCc2ccc(N)c([N+](=O)[O-])c2)cn1. The number of anilines is 1. The van der Waals surface area contributed by atoms with E-state index in [1.165, 1.54) is 6.07 Å². The maximum atomic E-state index is 10.8. The summed E-state index contributed by atoms with van der Waals surface area (Å²) in [6.45, 7) is 0. The number of hydrogen-bond acceptors (Lipinski definition) is 5. The van der Waals surface area contributed by atoms with Crippen LogP contribution in [0.25, 0.3) is 0 Å². The zero-order valence-corrected chi connectivity index (χ0v) is 10.6. The van der Waals surface area contributed by atoms with Crippen molar-refractivity contribution >= 4 is 23.1 Å². The molecule has 0 aliphatic carbocycles. The second kappa shape index (κ2) is 5.09. The predicted molar refractivity (Wildman–Crippen MR) is 70.3 cm³/mol. The Labute approximate surface area is 108 Å². The van der Waals surface area contributed by atoms with Crippen LogP contribution in [-0.4, -0.2) is 14.7 Å². The Kier molecular flexibility index (Phi) is 3.52. The number of nitro benzene ring substituents is 1. The van der Waals surface area contributed by atoms with Crippen LogP contribution in [0.15, 0.2) is 35.5 Å². The number of thioether (sulfide) groups is 1. The molecule has 0 saturated heterocycles. The van der Waals surface area contributed by atoms with Gasteiger partial charge in [0.05, 0.1) is 11.1 Å². The van der Waals surface area contributed by atoms with E-state index >= 15 is 0 Å². The highest BCUT2D eigenvalue weighted by Gasteiger charge is 2.11. The Morgan fingerprint density at radius 1 is 1.56 bits per heavy atom. The summed E-state index contributed by atoms with van der Waals surface area (Å²) in [4.78, 5) is 11.3. The van der Waals surface area contributed by atoms with Gasteiger partial charge in [-0.2, -0.15) is 5.10 Å². The summed E-state index contributed by atoms with van der Waals surface area (Å²) < 4.78 is 1.72. The molecule has 0 aliphatic rings. The standard InChI is InChI=1S/C11H12N4O2S/c1-14-6-9(5-13-14)18-7-8-2-3-10(12)11(4-8)15(16)17/h2-6H,7,12H2,1H3. The summed E-state index contributed by atoms with van der Waals surface area (Å²) in [5.41, 5.74) is 6.55. The van der Waals surface area contributed by atoms with E-state index in [1.807, 2.05) is 13.2 Å². The number of hydrogen-bond donors (Lipinski definition) is 1. The molecule has 1 heterocycles. The summed E-state index contributed by atoms with van der Waals surface area (Å²) in [5.74, 6) is 0.646. The molecule has 0 amide bonds. The molecule has 0 radical (unpaired) electrons. The monoisotopic (exact) mass is 264 g/mol. The quantitative estimate of drug-likeness (QED) is 0.396. The van der Waals surface area contributed by atoms with Crippen molar-refractivity contribution in [3.8, 4) is 0 Å². The second-order valence-corrected chi connectivity index (χ2v) is 4.84. The first-order valence-electron chi connectivity index (χ1n) is 5.20. The van der Waals surface area contributed by atoms with Crippen LogP contribution in [0, 0.1) is 10.1 Å². The molecule has 0 fully saturated rings. The van der Waals surface area contributed by atoms with E-state index in [1.54, 1.807) is 34.8 Å². The molecule has 0 unspecified atom stereocenters. The lowest BCUT2D eigenvalue weighted by atomic mass is 10.2. The topological polar surface area (TPSA) is 87.0 Å². The van der Waals surface area contributed by atoms with Crippen LogP contribution in [0.5, 0.6) is 0 Å². The van der Waals surface area contributed by atoms with Gasteiger partial charge in [0.15, 0.2) is 0 Å². The molecule has 6 nitrogen and oxygen atoms in total. The van der Waals surface area contributed by atoms with E-state index in [0.717, 1.165) is 10.5 Å². The van der Waals surface area contributed by atoms with Gasteiger partial charge < -0.3 is 5.73 Å². The van der Waals surface area contributed by atoms with Crippen LogP contribution in [0.1, 0.15) is 5.56 Å². The van der Waals surface area contributed by atoms with E-state index in [2.05, 4.69) is 5.10 Å². The van der Waals surface area contributed by atoms with E-state index in [-0.39, 0.29) is 11.4 Å². The normalized spacial score (nSPS) is 10.5. The number of nitrogens with two attached hydrogens (primary N) is 1. The van der Waals surface area contributed by atoms with E-state index < -0.39 is 4.92 Å². The van der Waals surface area contributed by atoms with Crippen molar-refractivity contribution < 1.29 is 4.92 Å². The third kappa shape index (κ3) is 2.80. The fourth-order valence-electron chi connectivity index (χ4n) is 1.48. The molecule has 1 aromatic carbocycles. The molecule has 1 aromatic heterocycles. The molecule has 2 N–H and O–H groups in total. The van der Waals surface area contributed by atoms with Crippen LogP contribution in [0.3, 0.4) is 0 Å². The largest absolute Gasteiger partial charge is 0.393 e. The molecular weight excluding hydrogens is 252 g/mol. The van der Waals surface area contributed by atoms with Crippen molar-refractivity contribution in [2.24, 2.45) is 7.05 Å². The maximum absolute atomic E-state index is 10.8. The third-order valence-electron chi connectivity index (χ3n) is 2.38. The maximum Gasteiger partial charge on any atom is 0.292 e. The Morgan fingerprint density at radius 2 is 2.33 bits per heavy atom. The first-order chi connectivity index (χ1) is 8.56. The summed E-state index contributed by atoms with van der Waals surface area (Å²) in [5, 5.41) is 14.8. The molecular formula is C11H12N4O2S. The lowest BCUT2D eigenvalue weighted by Crippen LogP contribution is -1.96. The first-order valence-corrected chi connectivity index (χ1v) is 6.19. The van der Waals surface area contributed by atoms with Gasteiger partial charge in [0.25, 0.3) is 5.69 Å². The number of aromatic nitrogens is 2. The highest BCUT2D eigenvalue weighted by Crippen LogP contribution is 2.27. The van der Waals surface area contributed by atoms with Crippen LogP contribution in [0.2, 0.25) is 0 Å². The van der Waals surface area contributed by atoms with Gasteiger partial charge in [0, 0.05) is 30.0 Å². The number of nitro groups is 1. The minimum atomic E-state index is -0.465. The molecule has 2 rings (SSSR count). The average molecular weight is 264 g/mol. The highest BCUT2D eigenvalue weighted by atomic mass is 32.2. The minimum absolute atomic E-state index is 0.0423. The molecule has 18 heavy (non-hydrogen) atoms. The van der Waals surface area contributed by atoms with Crippen LogP contribution in [-0.2, 0) is 12.8 Å². The Hall–Kier alpha value is -2.02. The number of nitrogens with zero attached hydrogens (tertiary/aromatic N) is 3. The number of rotatable bonds is 4. The van der Waals surface area contributed by atoms with Crippen molar-refractivity contribution in [3.63, 3.8) is 0 Å². The van der Waals surface area contributed by atoms with E-state index in [4.69, 9.17) is 5.73 Å². The van der Waals surface area contributed by atoms with Crippen molar-refractivity contribution in [1.29, 1.82) is 0 Å². The van der Waals surface area contributed by atoms with Crippen molar-refractivity contribution in [2.75, 3.05) is 5.73 Å². The molecule has 7 heteroatoms. The molecule has 0 atom stereocenters. The van der Waals surface area contributed by atoms with Crippen LogP contribution < -0.4 is 5.73 Å². The number of aryl methyl sites for hydroxylation is 1. The average Bonchev–Trinajstić information content (AvgIpc) is 2.74.